The highest BCUT2D eigenvalue weighted by Crippen LogP contribution is 2.25. The molecule has 0 N–H and O–H groups in total. The number of rotatable bonds is 4. The highest BCUT2D eigenvalue weighted by atomic mass is 32.2. The number of sulfone groups is 1. The molecule has 2 aromatic carbocycles. The van der Waals surface area contributed by atoms with Gasteiger partial charge >= 0.3 is 0 Å². The second-order valence-corrected chi connectivity index (χ2v) is 10.7. The summed E-state index contributed by atoms with van der Waals surface area (Å²) in [5.74, 6) is -0.483. The molecule has 0 unspecified atom stereocenters. The van der Waals surface area contributed by atoms with Crippen molar-refractivity contribution >= 4 is 15.7 Å². The van der Waals surface area contributed by atoms with Gasteiger partial charge in [-0.2, -0.15) is 0 Å². The zero-order valence-corrected chi connectivity index (χ0v) is 17.3. The van der Waals surface area contributed by atoms with Gasteiger partial charge in [0.05, 0.1) is 11.5 Å². The Balaban J connectivity index is 1.89. The van der Waals surface area contributed by atoms with Crippen LogP contribution in [0.1, 0.15) is 48.7 Å². The van der Waals surface area contributed by atoms with E-state index in [1.807, 2.05) is 12.1 Å². The summed E-state index contributed by atoms with van der Waals surface area (Å²) in [7, 11) is -3.14. The maximum absolute atomic E-state index is 13.2. The first-order valence-corrected chi connectivity index (χ1v) is 11.2. The molecule has 3 rings (SSSR count). The molecule has 1 amide bonds. The fraction of sp³-hybridized carbons (Fsp3) is 0.409. The van der Waals surface area contributed by atoms with Gasteiger partial charge < -0.3 is 4.90 Å². The third kappa shape index (κ3) is 4.79. The van der Waals surface area contributed by atoms with E-state index in [4.69, 9.17) is 0 Å². The zero-order valence-electron chi connectivity index (χ0n) is 16.5. The number of carbonyl (C=O) groups excluding carboxylic acids is 1. The van der Waals surface area contributed by atoms with Crippen LogP contribution in [0.3, 0.4) is 0 Å². The first kappa shape index (κ1) is 20.5. The first-order valence-electron chi connectivity index (χ1n) is 9.41. The van der Waals surface area contributed by atoms with Gasteiger partial charge in [-0.25, -0.2) is 12.8 Å². The average Bonchev–Trinajstić information content (AvgIpc) is 2.99. The highest BCUT2D eigenvalue weighted by Gasteiger charge is 2.35. The molecule has 0 radical (unpaired) electrons. The summed E-state index contributed by atoms with van der Waals surface area (Å²) in [5, 5.41) is 0. The molecule has 0 aromatic heterocycles. The minimum absolute atomic E-state index is 0.0189. The summed E-state index contributed by atoms with van der Waals surface area (Å²) in [6, 6.07) is 13.1. The lowest BCUT2D eigenvalue weighted by Crippen LogP contribution is -2.40. The van der Waals surface area contributed by atoms with Crippen LogP contribution in [0.5, 0.6) is 0 Å². The number of benzene rings is 2. The molecule has 0 bridgehead atoms. The minimum atomic E-state index is -3.14. The molecule has 1 aliphatic rings. The van der Waals surface area contributed by atoms with Crippen LogP contribution in [0.4, 0.5) is 4.39 Å². The van der Waals surface area contributed by atoms with Crippen molar-refractivity contribution in [1.29, 1.82) is 0 Å². The molecule has 2 aromatic rings. The molecule has 1 heterocycles. The molecule has 0 saturated carbocycles. The van der Waals surface area contributed by atoms with E-state index >= 15 is 0 Å². The molecular formula is C22H26FNO3S. The molecule has 0 aliphatic carbocycles. The quantitative estimate of drug-likeness (QED) is 0.777. The van der Waals surface area contributed by atoms with Crippen LogP contribution in [0.25, 0.3) is 0 Å². The Hall–Kier alpha value is -2.21. The molecule has 150 valence electrons. The molecule has 28 heavy (non-hydrogen) atoms. The van der Waals surface area contributed by atoms with Gasteiger partial charge in [0.2, 0.25) is 0 Å². The number of carbonyl (C=O) groups is 1. The van der Waals surface area contributed by atoms with Crippen molar-refractivity contribution in [2.45, 2.75) is 45.2 Å². The SMILES string of the molecule is CC(C)(C)c1ccc(C(=O)N(Cc2ccc(F)cc2)[C@@H]2CCS(=O)(=O)C2)cc1. The van der Waals surface area contributed by atoms with Crippen LogP contribution >= 0.6 is 0 Å². The zero-order chi connectivity index (χ0) is 20.5. The van der Waals surface area contributed by atoms with E-state index in [1.165, 1.54) is 12.1 Å². The third-order valence-electron chi connectivity index (χ3n) is 5.17. The Morgan fingerprint density at radius 3 is 2.18 bits per heavy atom. The van der Waals surface area contributed by atoms with Gasteiger partial charge in [-0.3, -0.25) is 4.79 Å². The van der Waals surface area contributed by atoms with Crippen LogP contribution in [0.15, 0.2) is 48.5 Å². The summed E-state index contributed by atoms with van der Waals surface area (Å²) in [5.41, 5.74) is 2.40. The number of halogens is 1. The van der Waals surface area contributed by atoms with Crippen molar-refractivity contribution in [3.8, 4) is 0 Å². The fourth-order valence-corrected chi connectivity index (χ4v) is 5.18. The minimum Gasteiger partial charge on any atom is -0.330 e. The van der Waals surface area contributed by atoms with Crippen molar-refractivity contribution in [2.75, 3.05) is 11.5 Å². The van der Waals surface area contributed by atoms with Gasteiger partial charge in [0.1, 0.15) is 5.82 Å². The van der Waals surface area contributed by atoms with Gasteiger partial charge in [0.15, 0.2) is 9.84 Å². The average molecular weight is 404 g/mol. The lowest BCUT2D eigenvalue weighted by Gasteiger charge is -2.29. The number of nitrogens with zero attached hydrogens (tertiary/aromatic N) is 1. The van der Waals surface area contributed by atoms with E-state index in [9.17, 15) is 17.6 Å². The Bertz CT molecular complexity index is 945. The summed E-state index contributed by atoms with van der Waals surface area (Å²) in [6.45, 7) is 6.57. The van der Waals surface area contributed by atoms with Gasteiger partial charge in [-0.1, -0.05) is 45.0 Å². The van der Waals surface area contributed by atoms with E-state index in [0.717, 1.165) is 11.1 Å². The van der Waals surface area contributed by atoms with E-state index in [1.54, 1.807) is 29.2 Å². The summed E-state index contributed by atoms with van der Waals surface area (Å²) in [4.78, 5) is 14.8. The van der Waals surface area contributed by atoms with Crippen molar-refractivity contribution in [3.05, 3.63) is 71.0 Å². The molecule has 1 atom stereocenters. The Labute approximate surface area is 166 Å². The molecule has 6 heteroatoms. The molecular weight excluding hydrogens is 377 g/mol. The first-order chi connectivity index (χ1) is 13.0. The van der Waals surface area contributed by atoms with Crippen LogP contribution in [0.2, 0.25) is 0 Å². The second-order valence-electron chi connectivity index (χ2n) is 8.44. The predicted octanol–water partition coefficient (Wildman–Crippen LogP) is 3.95. The number of hydrogen-bond acceptors (Lipinski definition) is 3. The summed E-state index contributed by atoms with van der Waals surface area (Å²) < 4.78 is 37.2. The van der Waals surface area contributed by atoms with Gasteiger partial charge in [-0.05, 0) is 47.2 Å². The monoisotopic (exact) mass is 403 g/mol. The maximum atomic E-state index is 13.2. The Morgan fingerprint density at radius 1 is 1.07 bits per heavy atom. The summed E-state index contributed by atoms with van der Waals surface area (Å²) in [6.07, 6.45) is 0.426. The van der Waals surface area contributed by atoms with Crippen molar-refractivity contribution in [1.82, 2.24) is 4.90 Å². The summed E-state index contributed by atoms with van der Waals surface area (Å²) >= 11 is 0. The smallest absolute Gasteiger partial charge is 0.254 e. The van der Waals surface area contributed by atoms with E-state index in [2.05, 4.69) is 20.8 Å². The lowest BCUT2D eigenvalue weighted by atomic mass is 9.86. The predicted molar refractivity (Wildman–Crippen MR) is 108 cm³/mol. The van der Waals surface area contributed by atoms with Crippen LogP contribution in [-0.2, 0) is 21.8 Å². The Morgan fingerprint density at radius 2 is 1.68 bits per heavy atom. The van der Waals surface area contributed by atoms with Crippen LogP contribution < -0.4 is 0 Å². The normalized spacial score (nSPS) is 18.8. The maximum Gasteiger partial charge on any atom is 0.254 e. The molecule has 0 spiro atoms. The highest BCUT2D eigenvalue weighted by molar-refractivity contribution is 7.91. The number of amides is 1. The molecule has 1 saturated heterocycles. The van der Waals surface area contributed by atoms with Crippen molar-refractivity contribution in [2.24, 2.45) is 0 Å². The van der Waals surface area contributed by atoms with Crippen molar-refractivity contribution < 1.29 is 17.6 Å². The lowest BCUT2D eigenvalue weighted by molar-refractivity contribution is 0.0681. The standard InChI is InChI=1S/C22H26FNO3S/c1-22(2,3)18-8-6-17(7-9-18)21(25)24(20-12-13-28(26,27)15-20)14-16-4-10-19(23)11-5-16/h4-11,20H,12-15H2,1-3H3/t20-/m1/s1. The number of hydrogen-bond donors (Lipinski definition) is 0. The van der Waals surface area contributed by atoms with E-state index in [0.29, 0.717) is 12.0 Å². The van der Waals surface area contributed by atoms with Gasteiger partial charge in [0, 0.05) is 18.2 Å². The van der Waals surface area contributed by atoms with Gasteiger partial charge in [0.25, 0.3) is 5.91 Å². The van der Waals surface area contributed by atoms with Crippen LogP contribution in [-0.4, -0.2) is 36.8 Å². The topological polar surface area (TPSA) is 54.5 Å². The largest absolute Gasteiger partial charge is 0.330 e. The molecule has 4 nitrogen and oxygen atoms in total. The Kier molecular flexibility index (Phi) is 5.62. The second kappa shape index (κ2) is 7.66. The molecule has 1 aliphatic heterocycles. The van der Waals surface area contributed by atoms with Gasteiger partial charge in [-0.15, -0.1) is 0 Å². The van der Waals surface area contributed by atoms with E-state index in [-0.39, 0.29) is 41.2 Å². The van der Waals surface area contributed by atoms with Crippen molar-refractivity contribution in [3.63, 3.8) is 0 Å². The molecule has 1 fully saturated rings. The van der Waals surface area contributed by atoms with E-state index < -0.39 is 9.84 Å². The fourth-order valence-electron chi connectivity index (χ4n) is 3.45. The van der Waals surface area contributed by atoms with Crippen LogP contribution in [0, 0.1) is 5.82 Å². The third-order valence-corrected chi connectivity index (χ3v) is 6.92.